The molecule has 1 heterocycles. The first-order chi connectivity index (χ1) is 3.80. The van der Waals surface area contributed by atoms with Crippen molar-refractivity contribution in [2.24, 2.45) is 10.7 Å². The zero-order chi connectivity index (χ0) is 5.98. The third kappa shape index (κ3) is 1.28. The van der Waals surface area contributed by atoms with Gasteiger partial charge in [-0.3, -0.25) is 0 Å². The second-order valence-corrected chi connectivity index (χ2v) is 3.09. The van der Waals surface area contributed by atoms with Crippen LogP contribution in [0.1, 0.15) is 0 Å². The van der Waals surface area contributed by atoms with Gasteiger partial charge < -0.3 is 5.73 Å². The predicted molar refractivity (Wildman–Crippen MR) is 38.7 cm³/mol. The first-order valence-electron chi connectivity index (χ1n) is 2.20. The number of hydrogen-bond donors (Lipinski definition) is 1. The van der Waals surface area contributed by atoms with Crippen LogP contribution >= 0.6 is 20.2 Å². The van der Waals surface area contributed by atoms with Crippen LogP contribution < -0.4 is 5.73 Å². The second-order valence-electron chi connectivity index (χ2n) is 1.41. The van der Waals surface area contributed by atoms with E-state index in [1.807, 2.05) is 5.82 Å². The van der Waals surface area contributed by atoms with E-state index in [1.54, 1.807) is 6.20 Å². The van der Waals surface area contributed by atoms with Gasteiger partial charge in [0.1, 0.15) is 5.17 Å². The van der Waals surface area contributed by atoms with Crippen molar-refractivity contribution in [1.29, 1.82) is 0 Å². The van der Waals surface area contributed by atoms with E-state index in [2.05, 4.69) is 4.99 Å². The monoisotopic (exact) mass is 148 g/mol. The SMILES string of the molecule is NC1PC=CN=C1Cl. The number of nitrogens with zero attached hydrogens (tertiary/aromatic N) is 1. The predicted octanol–water partition coefficient (Wildman–Crippen LogP) is 1.07. The number of aliphatic imine (C=N–C) groups is 1. The molecular weight excluding hydrogens is 142 g/mol. The molecule has 44 valence electrons. The largest absolute Gasteiger partial charge is 0.318 e. The van der Waals surface area contributed by atoms with Gasteiger partial charge in [-0.05, 0) is 5.82 Å². The molecule has 2 unspecified atom stereocenters. The summed E-state index contributed by atoms with van der Waals surface area (Å²) in [6.45, 7) is 0. The van der Waals surface area contributed by atoms with Gasteiger partial charge in [0.15, 0.2) is 0 Å². The van der Waals surface area contributed by atoms with Crippen LogP contribution in [0.4, 0.5) is 0 Å². The van der Waals surface area contributed by atoms with Crippen molar-refractivity contribution in [3.63, 3.8) is 0 Å². The van der Waals surface area contributed by atoms with E-state index in [0.29, 0.717) is 13.8 Å². The summed E-state index contributed by atoms with van der Waals surface area (Å²) in [5.74, 6) is 1.89. The quantitative estimate of drug-likeness (QED) is 0.513. The average Bonchev–Trinajstić information content (AvgIpc) is 1.77. The molecule has 0 amide bonds. The zero-order valence-electron chi connectivity index (χ0n) is 4.13. The third-order valence-electron chi connectivity index (χ3n) is 0.805. The van der Waals surface area contributed by atoms with E-state index in [9.17, 15) is 0 Å². The Kier molecular flexibility index (Phi) is 2.01. The van der Waals surface area contributed by atoms with Crippen LogP contribution in [0.15, 0.2) is 17.0 Å². The number of nitrogens with two attached hydrogens (primary N) is 1. The van der Waals surface area contributed by atoms with Crippen LogP contribution in [0, 0.1) is 0 Å². The Morgan fingerprint density at radius 2 is 2.62 bits per heavy atom. The Morgan fingerprint density at radius 3 is 3.00 bits per heavy atom. The Bertz CT molecular complexity index is 143. The highest BCUT2D eigenvalue weighted by Crippen LogP contribution is 2.22. The smallest absolute Gasteiger partial charge is 0.127 e. The molecule has 2 nitrogen and oxygen atoms in total. The molecule has 0 spiro atoms. The summed E-state index contributed by atoms with van der Waals surface area (Å²) in [6, 6.07) is 0. The summed E-state index contributed by atoms with van der Waals surface area (Å²) in [5.41, 5.74) is 5.48. The molecule has 0 saturated carbocycles. The molecule has 1 rings (SSSR count). The van der Waals surface area contributed by atoms with E-state index in [4.69, 9.17) is 17.3 Å². The Morgan fingerprint density at radius 1 is 1.88 bits per heavy atom. The summed E-state index contributed by atoms with van der Waals surface area (Å²) in [7, 11) is 0.590. The highest BCUT2D eigenvalue weighted by atomic mass is 35.5. The minimum atomic E-state index is -0.0401. The van der Waals surface area contributed by atoms with Crippen molar-refractivity contribution in [2.75, 3.05) is 0 Å². The molecule has 4 heteroatoms. The lowest BCUT2D eigenvalue weighted by molar-refractivity contribution is 1.22. The summed E-state index contributed by atoms with van der Waals surface area (Å²) in [6.07, 6.45) is 1.68. The van der Waals surface area contributed by atoms with Gasteiger partial charge in [-0.2, -0.15) is 0 Å². The van der Waals surface area contributed by atoms with Crippen LogP contribution in [0.2, 0.25) is 0 Å². The average molecular weight is 149 g/mol. The standard InChI is InChI=1S/C4H6ClN2P/c5-3-4(6)8-2-1-7-3/h1-2,4,8H,6H2. The molecule has 1 aliphatic heterocycles. The maximum absolute atomic E-state index is 5.55. The lowest BCUT2D eigenvalue weighted by Crippen LogP contribution is -2.21. The molecule has 0 radical (unpaired) electrons. The minimum Gasteiger partial charge on any atom is -0.318 e. The molecule has 8 heavy (non-hydrogen) atoms. The fourth-order valence-electron chi connectivity index (χ4n) is 0.404. The molecule has 0 aromatic rings. The lowest BCUT2D eigenvalue weighted by Gasteiger charge is -2.07. The van der Waals surface area contributed by atoms with Crippen LogP contribution in [0.25, 0.3) is 0 Å². The van der Waals surface area contributed by atoms with Crippen LogP contribution in [0.5, 0.6) is 0 Å². The Balaban J connectivity index is 2.66. The van der Waals surface area contributed by atoms with Crippen molar-refractivity contribution in [3.8, 4) is 0 Å². The summed E-state index contributed by atoms with van der Waals surface area (Å²) in [5, 5.41) is 0.519. The van der Waals surface area contributed by atoms with Gasteiger partial charge in [0.05, 0.1) is 5.78 Å². The molecule has 2 atom stereocenters. The fraction of sp³-hybridized carbons (Fsp3) is 0.250. The summed E-state index contributed by atoms with van der Waals surface area (Å²) < 4.78 is 0. The molecule has 0 bridgehead atoms. The first-order valence-corrected chi connectivity index (χ1v) is 3.74. The van der Waals surface area contributed by atoms with E-state index < -0.39 is 0 Å². The van der Waals surface area contributed by atoms with Crippen LogP contribution in [0.3, 0.4) is 0 Å². The normalized spacial score (nSPS) is 30.8. The third-order valence-corrected chi connectivity index (χ3v) is 2.29. The molecular formula is C4H6ClN2P. The van der Waals surface area contributed by atoms with Crippen molar-refractivity contribution in [1.82, 2.24) is 0 Å². The highest BCUT2D eigenvalue weighted by Gasteiger charge is 2.07. The number of rotatable bonds is 0. The van der Waals surface area contributed by atoms with Crippen LogP contribution in [-0.4, -0.2) is 11.0 Å². The summed E-state index contributed by atoms with van der Waals surface area (Å²) in [4.78, 5) is 3.79. The van der Waals surface area contributed by atoms with Gasteiger partial charge in [-0.25, -0.2) is 4.99 Å². The highest BCUT2D eigenvalue weighted by molar-refractivity contribution is 7.44. The lowest BCUT2D eigenvalue weighted by atomic mass is 10.7. The van der Waals surface area contributed by atoms with Gasteiger partial charge >= 0.3 is 0 Å². The fourth-order valence-corrected chi connectivity index (χ4v) is 1.23. The topological polar surface area (TPSA) is 38.4 Å². The number of halogens is 1. The van der Waals surface area contributed by atoms with Crippen molar-refractivity contribution in [2.45, 2.75) is 5.78 Å². The van der Waals surface area contributed by atoms with E-state index >= 15 is 0 Å². The van der Waals surface area contributed by atoms with Gasteiger partial charge in [0.25, 0.3) is 0 Å². The second kappa shape index (κ2) is 2.58. The van der Waals surface area contributed by atoms with E-state index in [0.717, 1.165) is 0 Å². The summed E-state index contributed by atoms with van der Waals surface area (Å²) >= 11 is 5.55. The Labute approximate surface area is 54.6 Å². The van der Waals surface area contributed by atoms with Gasteiger partial charge in [-0.15, -0.1) is 0 Å². The molecule has 0 aliphatic carbocycles. The van der Waals surface area contributed by atoms with Crippen molar-refractivity contribution < 1.29 is 0 Å². The molecule has 0 saturated heterocycles. The van der Waals surface area contributed by atoms with Crippen molar-refractivity contribution in [3.05, 3.63) is 12.0 Å². The van der Waals surface area contributed by atoms with Crippen molar-refractivity contribution >= 4 is 25.4 Å². The van der Waals surface area contributed by atoms with Gasteiger partial charge in [-0.1, -0.05) is 20.2 Å². The maximum atomic E-state index is 5.55. The van der Waals surface area contributed by atoms with Gasteiger partial charge in [0, 0.05) is 6.20 Å². The number of hydrogen-bond acceptors (Lipinski definition) is 2. The Hall–Kier alpha value is 0.0900. The maximum Gasteiger partial charge on any atom is 0.127 e. The van der Waals surface area contributed by atoms with E-state index in [-0.39, 0.29) is 5.78 Å². The molecule has 1 aliphatic rings. The molecule has 0 fully saturated rings. The minimum absolute atomic E-state index is 0.0401. The van der Waals surface area contributed by atoms with Crippen LogP contribution in [-0.2, 0) is 0 Å². The molecule has 2 N–H and O–H groups in total. The first kappa shape index (κ1) is 6.21. The van der Waals surface area contributed by atoms with Gasteiger partial charge in [0.2, 0.25) is 0 Å². The molecule has 0 aromatic carbocycles. The van der Waals surface area contributed by atoms with E-state index in [1.165, 1.54) is 0 Å². The molecule has 0 aromatic heterocycles. The zero-order valence-corrected chi connectivity index (χ0v) is 5.89.